The van der Waals surface area contributed by atoms with Gasteiger partial charge in [-0.2, -0.15) is 13.2 Å². The van der Waals surface area contributed by atoms with Gasteiger partial charge in [-0.05, 0) is 36.2 Å². The number of carboxylic acid groups (broad SMARTS) is 1. The van der Waals surface area contributed by atoms with Crippen molar-refractivity contribution in [2.24, 2.45) is 0 Å². The molecule has 28 heavy (non-hydrogen) atoms. The number of aromatic carboxylic acids is 1. The molecule has 0 saturated carbocycles. The Morgan fingerprint density at radius 2 is 1.86 bits per heavy atom. The number of unbranched alkanes of at least 4 members (excludes halogenated alkanes) is 1. The molecule has 0 aliphatic rings. The van der Waals surface area contributed by atoms with E-state index in [0.717, 1.165) is 30.9 Å². The Morgan fingerprint density at radius 1 is 1.18 bits per heavy atom. The Balaban J connectivity index is 2.81. The van der Waals surface area contributed by atoms with Crippen LogP contribution in [0.15, 0.2) is 41.3 Å². The third-order valence-electron chi connectivity index (χ3n) is 4.07. The van der Waals surface area contributed by atoms with Crippen LogP contribution < -0.4 is 5.32 Å². The molecule has 2 N–H and O–H groups in total. The number of carboxylic acids is 1. The Bertz CT molecular complexity index is 985. The molecule has 2 aromatic rings. The molecular formula is C19H20F3NO4S. The number of sulfone groups is 1. The fourth-order valence-electron chi connectivity index (χ4n) is 2.72. The minimum Gasteiger partial charge on any atom is -0.478 e. The van der Waals surface area contributed by atoms with Crippen molar-refractivity contribution in [3.05, 3.63) is 47.5 Å². The zero-order valence-corrected chi connectivity index (χ0v) is 16.1. The molecule has 0 spiro atoms. The lowest BCUT2D eigenvalue weighted by molar-refractivity contribution is -0.137. The lowest BCUT2D eigenvalue weighted by Gasteiger charge is -2.18. The van der Waals surface area contributed by atoms with Crippen molar-refractivity contribution >= 4 is 21.5 Å². The van der Waals surface area contributed by atoms with Crippen LogP contribution in [0.25, 0.3) is 11.1 Å². The molecular weight excluding hydrogens is 395 g/mol. The zero-order valence-electron chi connectivity index (χ0n) is 15.3. The third kappa shape index (κ3) is 5.03. The smallest absolute Gasteiger partial charge is 0.416 e. The normalized spacial score (nSPS) is 12.0. The molecule has 0 saturated heterocycles. The van der Waals surface area contributed by atoms with Crippen LogP contribution in [0, 0.1) is 0 Å². The molecule has 0 heterocycles. The van der Waals surface area contributed by atoms with Crippen LogP contribution in [0.5, 0.6) is 0 Å². The van der Waals surface area contributed by atoms with Crippen LogP contribution in [0.3, 0.4) is 0 Å². The molecule has 0 bridgehead atoms. The monoisotopic (exact) mass is 415 g/mol. The highest BCUT2D eigenvalue weighted by Crippen LogP contribution is 2.39. The first-order chi connectivity index (χ1) is 12.9. The van der Waals surface area contributed by atoms with Crippen LogP contribution in [0.4, 0.5) is 18.9 Å². The average Bonchev–Trinajstić information content (AvgIpc) is 2.59. The predicted octanol–water partition coefficient (Wildman–Crippen LogP) is 4.69. The summed E-state index contributed by atoms with van der Waals surface area (Å²) in [5, 5.41) is 12.3. The minimum atomic E-state index is -4.60. The van der Waals surface area contributed by atoms with Crippen LogP contribution in [0.2, 0.25) is 0 Å². The largest absolute Gasteiger partial charge is 0.478 e. The summed E-state index contributed by atoms with van der Waals surface area (Å²) in [5.41, 5.74) is -0.976. The maximum Gasteiger partial charge on any atom is 0.416 e. The van der Waals surface area contributed by atoms with Gasteiger partial charge in [0, 0.05) is 24.1 Å². The Kier molecular flexibility index (Phi) is 6.38. The number of nitrogens with one attached hydrogen (secondary N) is 1. The number of hydrogen-bond acceptors (Lipinski definition) is 4. The van der Waals surface area contributed by atoms with E-state index in [2.05, 4.69) is 5.32 Å². The summed E-state index contributed by atoms with van der Waals surface area (Å²) in [6.45, 7) is 2.35. The molecule has 0 aliphatic carbocycles. The van der Waals surface area contributed by atoms with E-state index in [1.807, 2.05) is 6.92 Å². The van der Waals surface area contributed by atoms with Crippen molar-refractivity contribution < 1.29 is 31.5 Å². The second kappa shape index (κ2) is 8.22. The van der Waals surface area contributed by atoms with Crippen molar-refractivity contribution in [2.75, 3.05) is 18.1 Å². The predicted molar refractivity (Wildman–Crippen MR) is 100 cm³/mol. The standard InChI is InChI=1S/C19H20F3NO4S/c1-3-4-8-23-15-10-13(18(24)25)11-16(28(2,26)27)17(15)12-6-5-7-14(9-12)19(20,21)22/h5-7,9-11,23H,3-4,8H2,1-2H3,(H,24,25). The summed E-state index contributed by atoms with van der Waals surface area (Å²) in [6, 6.07) is 6.51. The van der Waals surface area contributed by atoms with Gasteiger partial charge in [0.15, 0.2) is 9.84 Å². The van der Waals surface area contributed by atoms with Gasteiger partial charge < -0.3 is 10.4 Å². The van der Waals surface area contributed by atoms with Crippen molar-refractivity contribution in [3.8, 4) is 11.1 Å². The number of carbonyl (C=O) groups is 1. The molecule has 2 rings (SSSR count). The molecule has 152 valence electrons. The number of benzene rings is 2. The molecule has 2 aromatic carbocycles. The summed E-state index contributed by atoms with van der Waals surface area (Å²) < 4.78 is 64.0. The van der Waals surface area contributed by atoms with E-state index >= 15 is 0 Å². The zero-order chi connectivity index (χ0) is 21.1. The Labute approximate surface area is 161 Å². The van der Waals surface area contributed by atoms with Crippen LogP contribution in [0.1, 0.15) is 35.7 Å². The Morgan fingerprint density at radius 3 is 2.39 bits per heavy atom. The third-order valence-corrected chi connectivity index (χ3v) is 5.19. The molecule has 0 atom stereocenters. The average molecular weight is 415 g/mol. The summed E-state index contributed by atoms with van der Waals surface area (Å²) in [6.07, 6.45) is -2.17. The molecule has 0 radical (unpaired) electrons. The first-order valence-corrected chi connectivity index (χ1v) is 10.4. The van der Waals surface area contributed by atoms with Gasteiger partial charge >= 0.3 is 12.1 Å². The van der Waals surface area contributed by atoms with Gasteiger partial charge in [0.1, 0.15) is 0 Å². The molecule has 0 aliphatic heterocycles. The molecule has 9 heteroatoms. The number of hydrogen-bond donors (Lipinski definition) is 2. The van der Waals surface area contributed by atoms with Crippen LogP contribution in [-0.2, 0) is 16.0 Å². The second-order valence-corrected chi connectivity index (χ2v) is 8.32. The van der Waals surface area contributed by atoms with E-state index in [9.17, 15) is 31.5 Å². The van der Waals surface area contributed by atoms with E-state index in [0.29, 0.717) is 13.0 Å². The molecule has 0 amide bonds. The van der Waals surface area contributed by atoms with E-state index in [4.69, 9.17) is 0 Å². The lowest BCUT2D eigenvalue weighted by atomic mass is 9.99. The van der Waals surface area contributed by atoms with E-state index < -0.39 is 27.5 Å². The lowest BCUT2D eigenvalue weighted by Crippen LogP contribution is -2.11. The fraction of sp³-hybridized carbons (Fsp3) is 0.316. The maximum atomic E-state index is 13.1. The Hall–Kier alpha value is -2.55. The number of halogens is 3. The topological polar surface area (TPSA) is 83.5 Å². The summed E-state index contributed by atoms with van der Waals surface area (Å²) >= 11 is 0. The van der Waals surface area contributed by atoms with Crippen molar-refractivity contribution in [2.45, 2.75) is 30.8 Å². The van der Waals surface area contributed by atoms with E-state index in [1.165, 1.54) is 18.2 Å². The van der Waals surface area contributed by atoms with Gasteiger partial charge in [-0.1, -0.05) is 25.5 Å². The van der Waals surface area contributed by atoms with Gasteiger partial charge in [0.2, 0.25) is 0 Å². The first-order valence-electron chi connectivity index (χ1n) is 8.48. The fourth-order valence-corrected chi connectivity index (χ4v) is 3.66. The highest BCUT2D eigenvalue weighted by atomic mass is 32.2. The second-order valence-electron chi connectivity index (χ2n) is 6.33. The van der Waals surface area contributed by atoms with Gasteiger partial charge in [0.25, 0.3) is 0 Å². The molecule has 5 nitrogen and oxygen atoms in total. The van der Waals surface area contributed by atoms with Crippen molar-refractivity contribution in [1.29, 1.82) is 0 Å². The first kappa shape index (κ1) is 21.7. The van der Waals surface area contributed by atoms with E-state index in [1.54, 1.807) is 0 Å². The summed E-state index contributed by atoms with van der Waals surface area (Å²) in [5.74, 6) is -1.33. The van der Waals surface area contributed by atoms with Gasteiger partial charge in [-0.3, -0.25) is 0 Å². The highest BCUT2D eigenvalue weighted by molar-refractivity contribution is 7.90. The quantitative estimate of drug-likeness (QED) is 0.641. The van der Waals surface area contributed by atoms with Gasteiger partial charge in [0.05, 0.1) is 16.0 Å². The molecule has 0 unspecified atom stereocenters. The number of alkyl halides is 3. The highest BCUT2D eigenvalue weighted by Gasteiger charge is 2.31. The van der Waals surface area contributed by atoms with Crippen LogP contribution in [-0.4, -0.2) is 32.3 Å². The SMILES string of the molecule is CCCCNc1cc(C(=O)O)cc(S(C)(=O)=O)c1-c1cccc(C(F)(F)F)c1. The summed E-state index contributed by atoms with van der Waals surface area (Å²) in [7, 11) is -3.92. The number of anilines is 1. The molecule has 0 fully saturated rings. The van der Waals surface area contributed by atoms with Gasteiger partial charge in [-0.15, -0.1) is 0 Å². The minimum absolute atomic E-state index is 0.0229. The number of rotatable bonds is 7. The van der Waals surface area contributed by atoms with Gasteiger partial charge in [-0.25, -0.2) is 13.2 Å². The summed E-state index contributed by atoms with van der Waals surface area (Å²) in [4.78, 5) is 11.1. The molecule has 0 aromatic heterocycles. The van der Waals surface area contributed by atoms with Crippen LogP contribution >= 0.6 is 0 Å². The van der Waals surface area contributed by atoms with Crippen molar-refractivity contribution in [3.63, 3.8) is 0 Å². The van der Waals surface area contributed by atoms with E-state index in [-0.39, 0.29) is 27.3 Å². The maximum absolute atomic E-state index is 13.1. The van der Waals surface area contributed by atoms with Crippen molar-refractivity contribution in [1.82, 2.24) is 0 Å².